The lowest BCUT2D eigenvalue weighted by Crippen LogP contribution is -2.28. The smallest absolute Gasteiger partial charge is 0.220 e. The Kier molecular flexibility index (Phi) is 29.5. The van der Waals surface area contributed by atoms with E-state index in [0.717, 1.165) is 60.5 Å². The Labute approximate surface area is 305 Å². The number of carbonyl (C=O) groups excluding carboxylic acids is 1. The van der Waals surface area contributed by atoms with Crippen LogP contribution in [0.1, 0.15) is 146 Å². The normalized spacial score (nSPS) is 11.4. The number of halogens is 1. The van der Waals surface area contributed by atoms with Crippen LogP contribution in [0.4, 0.5) is 0 Å². The average molecular weight is 704 g/mol. The zero-order valence-corrected chi connectivity index (χ0v) is 34.1. The van der Waals surface area contributed by atoms with Crippen molar-refractivity contribution in [1.82, 2.24) is 10.6 Å². The Balaban J connectivity index is 0. The number of hydrogen-bond acceptors (Lipinski definition) is 5. The largest absolute Gasteiger partial charge is 0.356 e. The number of amides is 1. The summed E-state index contributed by atoms with van der Waals surface area (Å²) < 4.78 is 0. The maximum Gasteiger partial charge on any atom is 0.220 e. The molecule has 1 aromatic heterocycles. The van der Waals surface area contributed by atoms with Gasteiger partial charge in [-0.3, -0.25) is 4.79 Å². The monoisotopic (exact) mass is 703 g/mol. The second-order valence-corrected chi connectivity index (χ2v) is 14.6. The Morgan fingerprint density at radius 2 is 1.44 bits per heavy atom. The van der Waals surface area contributed by atoms with E-state index in [0.29, 0.717) is 18.1 Å². The first kappa shape index (κ1) is 47.8. The van der Waals surface area contributed by atoms with Gasteiger partial charge in [-0.05, 0) is 120 Å². The van der Waals surface area contributed by atoms with Crippen molar-refractivity contribution < 1.29 is 4.79 Å². The van der Waals surface area contributed by atoms with Crippen molar-refractivity contribution in [2.24, 2.45) is 11.8 Å². The maximum absolute atomic E-state index is 11.5. The maximum atomic E-state index is 11.5. The molecular weight excluding hydrogens is 632 g/mol. The van der Waals surface area contributed by atoms with Gasteiger partial charge in [-0.25, -0.2) is 0 Å². The fraction of sp³-hybridized carbons (Fsp3) is 0.634. The molecular formula is C41H71ClN4OS. The Morgan fingerprint density at radius 1 is 0.833 bits per heavy atom. The van der Waals surface area contributed by atoms with Crippen LogP contribution in [0.2, 0.25) is 5.02 Å². The van der Waals surface area contributed by atoms with Crippen LogP contribution >= 0.6 is 22.9 Å². The van der Waals surface area contributed by atoms with Crippen LogP contribution in [-0.4, -0.2) is 37.0 Å². The summed E-state index contributed by atoms with van der Waals surface area (Å²) in [6, 6.07) is 7.87. The van der Waals surface area contributed by atoms with Crippen LogP contribution in [0.3, 0.4) is 0 Å². The lowest BCUT2D eigenvalue weighted by Gasteiger charge is -2.14. The highest BCUT2D eigenvalue weighted by Gasteiger charge is 2.15. The number of nitrogens with one attached hydrogen (secondary N) is 4. The molecule has 0 aliphatic rings. The molecule has 2 aromatic rings. The molecule has 2 rings (SSSR count). The summed E-state index contributed by atoms with van der Waals surface area (Å²) in [6.45, 7) is 30.3. The molecule has 0 aliphatic heterocycles. The minimum atomic E-state index is 0.0912. The predicted molar refractivity (Wildman–Crippen MR) is 218 cm³/mol. The van der Waals surface area contributed by atoms with E-state index in [9.17, 15) is 4.79 Å². The van der Waals surface area contributed by atoms with Crippen molar-refractivity contribution in [2.45, 2.75) is 140 Å². The van der Waals surface area contributed by atoms with E-state index in [-0.39, 0.29) is 11.8 Å². The first-order chi connectivity index (χ1) is 22.7. The van der Waals surface area contributed by atoms with Gasteiger partial charge in [-0.1, -0.05) is 97.5 Å². The second-order valence-electron chi connectivity index (χ2n) is 12.7. The quantitative estimate of drug-likeness (QED) is 0.0920. The fourth-order valence-electron chi connectivity index (χ4n) is 4.66. The average Bonchev–Trinajstić information content (AvgIpc) is 3.31. The highest BCUT2D eigenvalue weighted by atomic mass is 35.5. The van der Waals surface area contributed by atoms with E-state index in [1.54, 1.807) is 6.92 Å². The number of aryl methyl sites for hydroxylation is 2. The molecule has 2 atom stereocenters. The summed E-state index contributed by atoms with van der Waals surface area (Å²) in [5, 5.41) is 21.7. The number of unbranched alkanes of at least 4 members (excludes halogenated alkanes) is 3. The zero-order valence-electron chi connectivity index (χ0n) is 32.6. The molecule has 4 N–H and O–H groups in total. The SMILES string of the molecule is C=C(c1ccc(Cl)cc1)c1c(C)sc(C)c1C.CCC(C)C(C)=N.CCCCCNCCC.CCCCNC(=O)CC(CCC)C(C)=N. The molecule has 48 heavy (non-hydrogen) atoms. The van der Waals surface area contributed by atoms with Gasteiger partial charge in [0.2, 0.25) is 5.91 Å². The molecule has 0 radical (unpaired) electrons. The molecule has 7 heteroatoms. The molecule has 2 unspecified atom stereocenters. The van der Waals surface area contributed by atoms with Crippen molar-refractivity contribution >= 4 is 45.8 Å². The van der Waals surface area contributed by atoms with E-state index in [1.165, 1.54) is 59.7 Å². The van der Waals surface area contributed by atoms with Crippen molar-refractivity contribution in [3.63, 3.8) is 0 Å². The minimum Gasteiger partial charge on any atom is -0.356 e. The molecule has 0 fully saturated rings. The number of benzene rings is 1. The van der Waals surface area contributed by atoms with Gasteiger partial charge in [0.15, 0.2) is 0 Å². The molecule has 274 valence electrons. The molecule has 1 heterocycles. The number of thiophene rings is 1. The Hall–Kier alpha value is -2.28. The van der Waals surface area contributed by atoms with Gasteiger partial charge < -0.3 is 21.5 Å². The lowest BCUT2D eigenvalue weighted by atomic mass is 9.95. The zero-order chi connectivity index (χ0) is 37.1. The molecule has 0 saturated heterocycles. The summed E-state index contributed by atoms with van der Waals surface area (Å²) in [7, 11) is 0. The summed E-state index contributed by atoms with van der Waals surface area (Å²) in [5.74, 6) is 0.713. The van der Waals surface area contributed by atoms with Crippen molar-refractivity contribution in [3.05, 3.63) is 62.3 Å². The van der Waals surface area contributed by atoms with Crippen molar-refractivity contribution in [3.8, 4) is 0 Å². The standard InChI is InChI=1S/C15H15ClS.C12H24N2O.C8H19N.C6H13N/c1-9-11(3)17-12(4)15(9)10(2)13-5-7-14(16)8-6-13;1-4-6-8-14-12(15)9-11(7-5-2)10(3)13;1-3-5-6-8-9-7-4-2;1-4-5(2)6(3)7/h5-8H,2H2,1,3-4H3;11,13H,4-9H2,1-3H3,(H,14,15);9H,3-8H2,1-2H3;5,7H,4H2,1-3H3. The fourth-order valence-corrected chi connectivity index (χ4v) is 5.88. The Bertz CT molecular complexity index is 1170. The van der Waals surface area contributed by atoms with Crippen LogP contribution in [0, 0.1) is 43.4 Å². The van der Waals surface area contributed by atoms with E-state index >= 15 is 0 Å². The predicted octanol–water partition coefficient (Wildman–Crippen LogP) is 12.4. The van der Waals surface area contributed by atoms with E-state index in [2.05, 4.69) is 79.5 Å². The summed E-state index contributed by atoms with van der Waals surface area (Å²) in [6.07, 6.45) is 11.0. The van der Waals surface area contributed by atoms with E-state index in [4.69, 9.17) is 22.4 Å². The molecule has 0 spiro atoms. The molecule has 5 nitrogen and oxygen atoms in total. The van der Waals surface area contributed by atoms with Crippen LogP contribution in [0.25, 0.3) is 5.57 Å². The van der Waals surface area contributed by atoms with E-state index < -0.39 is 0 Å². The first-order valence-corrected chi connectivity index (χ1v) is 19.5. The van der Waals surface area contributed by atoms with Gasteiger partial charge in [0, 0.05) is 45.1 Å². The van der Waals surface area contributed by atoms with E-state index in [1.807, 2.05) is 42.5 Å². The number of carbonyl (C=O) groups is 1. The van der Waals surface area contributed by atoms with Gasteiger partial charge in [0.1, 0.15) is 0 Å². The van der Waals surface area contributed by atoms with Gasteiger partial charge in [0.25, 0.3) is 0 Å². The molecule has 1 aromatic carbocycles. The molecule has 1 amide bonds. The second kappa shape index (κ2) is 29.6. The third kappa shape index (κ3) is 22.4. The lowest BCUT2D eigenvalue weighted by molar-refractivity contribution is -0.121. The first-order valence-electron chi connectivity index (χ1n) is 18.3. The molecule has 0 bridgehead atoms. The van der Waals surface area contributed by atoms with Crippen molar-refractivity contribution in [1.29, 1.82) is 10.8 Å². The topological polar surface area (TPSA) is 88.8 Å². The summed E-state index contributed by atoms with van der Waals surface area (Å²) in [5.41, 5.74) is 6.27. The highest BCUT2D eigenvalue weighted by molar-refractivity contribution is 7.12. The highest BCUT2D eigenvalue weighted by Crippen LogP contribution is 2.34. The van der Waals surface area contributed by atoms with Crippen molar-refractivity contribution in [2.75, 3.05) is 19.6 Å². The number of hydrogen-bond donors (Lipinski definition) is 4. The summed E-state index contributed by atoms with van der Waals surface area (Å²) in [4.78, 5) is 14.2. The third-order valence-corrected chi connectivity index (χ3v) is 9.70. The summed E-state index contributed by atoms with van der Waals surface area (Å²) >= 11 is 7.74. The Morgan fingerprint density at radius 3 is 1.85 bits per heavy atom. The van der Waals surface area contributed by atoms with Gasteiger partial charge in [-0.15, -0.1) is 11.3 Å². The van der Waals surface area contributed by atoms with Crippen LogP contribution in [0.15, 0.2) is 30.8 Å². The minimum absolute atomic E-state index is 0.0912. The van der Waals surface area contributed by atoms with Gasteiger partial charge >= 0.3 is 0 Å². The van der Waals surface area contributed by atoms with Crippen LogP contribution in [0.5, 0.6) is 0 Å². The number of rotatable bonds is 18. The van der Waals surface area contributed by atoms with Crippen LogP contribution < -0.4 is 10.6 Å². The molecule has 0 saturated carbocycles. The van der Waals surface area contributed by atoms with Crippen LogP contribution in [-0.2, 0) is 4.79 Å². The molecule has 0 aliphatic carbocycles. The third-order valence-electron chi connectivity index (χ3n) is 8.33. The van der Waals surface area contributed by atoms with Gasteiger partial charge in [0.05, 0.1) is 0 Å². The van der Waals surface area contributed by atoms with Gasteiger partial charge in [-0.2, -0.15) is 0 Å².